The Morgan fingerprint density at radius 3 is 2.72 bits per heavy atom. The maximum absolute atomic E-state index is 12.7. The topological polar surface area (TPSA) is 49.6 Å². The maximum atomic E-state index is 12.7. The number of piperidine rings is 1. The van der Waals surface area contributed by atoms with Gasteiger partial charge in [-0.2, -0.15) is 0 Å². The van der Waals surface area contributed by atoms with E-state index in [0.29, 0.717) is 11.6 Å². The third-order valence-corrected chi connectivity index (χ3v) is 5.96. The summed E-state index contributed by atoms with van der Waals surface area (Å²) >= 11 is 0. The second-order valence-electron chi connectivity index (χ2n) is 7.60. The fourth-order valence-corrected chi connectivity index (χ4v) is 4.50. The van der Waals surface area contributed by atoms with Crippen LogP contribution in [0.3, 0.4) is 0 Å². The van der Waals surface area contributed by atoms with E-state index in [4.69, 9.17) is 0 Å². The molecule has 0 spiro atoms. The molecule has 1 saturated carbocycles. The van der Waals surface area contributed by atoms with E-state index in [2.05, 4.69) is 15.2 Å². The smallest absolute Gasteiger partial charge is 0.270 e. The molecule has 0 atom stereocenters. The van der Waals surface area contributed by atoms with Crippen molar-refractivity contribution in [2.75, 3.05) is 19.6 Å². The molecule has 1 N–H and O–H groups in total. The number of imidazole rings is 1. The summed E-state index contributed by atoms with van der Waals surface area (Å²) in [5.74, 6) is 0.593. The van der Waals surface area contributed by atoms with Crippen molar-refractivity contribution in [3.63, 3.8) is 0 Å². The average molecular weight is 340 g/mol. The first-order valence-electron chi connectivity index (χ1n) is 9.68. The van der Waals surface area contributed by atoms with Gasteiger partial charge in [-0.15, -0.1) is 0 Å². The fraction of sp³-hybridized carbons (Fsp3) is 0.600. The van der Waals surface area contributed by atoms with Crippen molar-refractivity contribution < 1.29 is 4.79 Å². The minimum Gasteiger partial charge on any atom is -0.350 e. The standard InChI is InChI=1S/C20H28N4O/c1-15-19(24-11-5-4-8-18(24)22-15)20(25)21-14-16-9-12-23(13-10-16)17-6-2-3-7-17/h4-5,8,11,16-17H,2-3,6-7,9-10,12-14H2,1H3,(H,21,25). The number of likely N-dealkylation sites (tertiary alicyclic amines) is 1. The molecule has 1 amide bonds. The van der Waals surface area contributed by atoms with Crippen LogP contribution in [0.2, 0.25) is 0 Å². The monoisotopic (exact) mass is 340 g/mol. The molecular weight excluding hydrogens is 312 g/mol. The second kappa shape index (κ2) is 7.16. The van der Waals surface area contributed by atoms with Gasteiger partial charge in [0.25, 0.3) is 5.91 Å². The van der Waals surface area contributed by atoms with Gasteiger partial charge in [0.1, 0.15) is 11.3 Å². The van der Waals surface area contributed by atoms with Gasteiger partial charge in [0.05, 0.1) is 5.69 Å². The van der Waals surface area contributed by atoms with E-state index in [1.54, 1.807) is 0 Å². The van der Waals surface area contributed by atoms with Crippen molar-refractivity contribution in [1.29, 1.82) is 0 Å². The van der Waals surface area contributed by atoms with E-state index in [1.165, 1.54) is 51.6 Å². The highest BCUT2D eigenvalue weighted by Gasteiger charge is 2.27. The van der Waals surface area contributed by atoms with Crippen molar-refractivity contribution in [3.8, 4) is 0 Å². The number of hydrogen-bond donors (Lipinski definition) is 1. The van der Waals surface area contributed by atoms with Crippen LogP contribution in [0, 0.1) is 12.8 Å². The largest absolute Gasteiger partial charge is 0.350 e. The Hall–Kier alpha value is -1.88. The van der Waals surface area contributed by atoms with Gasteiger partial charge < -0.3 is 10.2 Å². The lowest BCUT2D eigenvalue weighted by Gasteiger charge is -2.36. The van der Waals surface area contributed by atoms with E-state index in [9.17, 15) is 4.79 Å². The normalized spacial score (nSPS) is 20.4. The van der Waals surface area contributed by atoms with Crippen molar-refractivity contribution in [2.45, 2.75) is 51.5 Å². The van der Waals surface area contributed by atoms with Crippen LogP contribution in [-0.2, 0) is 0 Å². The van der Waals surface area contributed by atoms with Gasteiger partial charge in [0.15, 0.2) is 0 Å². The van der Waals surface area contributed by atoms with Crippen LogP contribution in [0.15, 0.2) is 24.4 Å². The van der Waals surface area contributed by atoms with Crippen LogP contribution >= 0.6 is 0 Å². The highest BCUT2D eigenvalue weighted by Crippen LogP contribution is 2.27. The fourth-order valence-electron chi connectivity index (χ4n) is 4.50. The van der Waals surface area contributed by atoms with E-state index in [-0.39, 0.29) is 5.91 Å². The Bertz CT molecular complexity index is 739. The number of amides is 1. The molecule has 5 heteroatoms. The predicted octanol–water partition coefficient (Wildman–Crippen LogP) is 3.03. The summed E-state index contributed by atoms with van der Waals surface area (Å²) < 4.78 is 1.88. The zero-order valence-corrected chi connectivity index (χ0v) is 15.1. The van der Waals surface area contributed by atoms with Crippen LogP contribution < -0.4 is 5.32 Å². The number of nitrogens with zero attached hydrogens (tertiary/aromatic N) is 3. The lowest BCUT2D eigenvalue weighted by molar-refractivity contribution is 0.0918. The summed E-state index contributed by atoms with van der Waals surface area (Å²) in [6, 6.07) is 6.64. The van der Waals surface area contributed by atoms with E-state index >= 15 is 0 Å². The van der Waals surface area contributed by atoms with Crippen LogP contribution in [0.5, 0.6) is 0 Å². The van der Waals surface area contributed by atoms with Gasteiger partial charge in [-0.1, -0.05) is 18.9 Å². The second-order valence-corrected chi connectivity index (χ2v) is 7.60. The molecule has 3 heterocycles. The minimum absolute atomic E-state index is 0.00516. The van der Waals surface area contributed by atoms with E-state index in [1.807, 2.05) is 35.7 Å². The molecule has 4 rings (SSSR count). The van der Waals surface area contributed by atoms with Crippen molar-refractivity contribution in [2.24, 2.45) is 5.92 Å². The summed E-state index contributed by atoms with van der Waals surface area (Å²) in [5.41, 5.74) is 2.29. The van der Waals surface area contributed by atoms with Gasteiger partial charge in [-0.3, -0.25) is 9.20 Å². The molecule has 1 saturated heterocycles. The Kier molecular flexibility index (Phi) is 4.75. The number of rotatable bonds is 4. The first-order valence-corrected chi connectivity index (χ1v) is 9.68. The van der Waals surface area contributed by atoms with Crippen LogP contribution in [0.25, 0.3) is 5.65 Å². The Morgan fingerprint density at radius 1 is 1.20 bits per heavy atom. The third kappa shape index (κ3) is 3.43. The van der Waals surface area contributed by atoms with E-state index in [0.717, 1.165) is 23.9 Å². The number of fused-ring (bicyclic) bond motifs is 1. The minimum atomic E-state index is -0.00516. The van der Waals surface area contributed by atoms with Gasteiger partial charge in [0, 0.05) is 18.8 Å². The number of nitrogens with one attached hydrogen (secondary N) is 1. The SMILES string of the molecule is Cc1nc2ccccn2c1C(=O)NCC1CCN(C2CCCC2)CC1. The maximum Gasteiger partial charge on any atom is 0.270 e. The van der Waals surface area contributed by atoms with Crippen molar-refractivity contribution in [3.05, 3.63) is 35.8 Å². The van der Waals surface area contributed by atoms with Crippen LogP contribution in [0.4, 0.5) is 0 Å². The average Bonchev–Trinajstić information content (AvgIpc) is 3.27. The summed E-state index contributed by atoms with van der Waals surface area (Å²) in [5, 5.41) is 3.15. The number of aromatic nitrogens is 2. The summed E-state index contributed by atoms with van der Waals surface area (Å²) in [7, 11) is 0. The van der Waals surface area contributed by atoms with Crippen molar-refractivity contribution in [1.82, 2.24) is 19.6 Å². The molecule has 0 radical (unpaired) electrons. The number of hydrogen-bond acceptors (Lipinski definition) is 3. The van der Waals surface area contributed by atoms with Crippen molar-refractivity contribution >= 4 is 11.6 Å². The van der Waals surface area contributed by atoms with Gasteiger partial charge in [-0.05, 0) is 63.7 Å². The van der Waals surface area contributed by atoms with Gasteiger partial charge in [0.2, 0.25) is 0 Å². The number of carbonyl (C=O) groups excluding carboxylic acids is 1. The summed E-state index contributed by atoms with van der Waals surface area (Å²) in [4.78, 5) is 19.8. The molecule has 1 aliphatic carbocycles. The number of carbonyl (C=O) groups is 1. The van der Waals surface area contributed by atoms with Gasteiger partial charge in [-0.25, -0.2) is 4.98 Å². The highest BCUT2D eigenvalue weighted by molar-refractivity contribution is 5.94. The molecule has 134 valence electrons. The molecule has 1 aliphatic heterocycles. The number of pyridine rings is 1. The Balaban J connectivity index is 1.32. The first kappa shape index (κ1) is 16.6. The third-order valence-electron chi connectivity index (χ3n) is 5.96. The molecule has 2 aliphatic rings. The summed E-state index contributed by atoms with van der Waals surface area (Å²) in [6.07, 6.45) is 9.87. The highest BCUT2D eigenvalue weighted by atomic mass is 16.1. The summed E-state index contributed by atoms with van der Waals surface area (Å²) in [6.45, 7) is 5.07. The lowest BCUT2D eigenvalue weighted by Crippen LogP contribution is -2.42. The van der Waals surface area contributed by atoms with Gasteiger partial charge >= 0.3 is 0 Å². The Labute approximate surface area is 149 Å². The van der Waals surface area contributed by atoms with Crippen LogP contribution in [-0.4, -0.2) is 45.9 Å². The Morgan fingerprint density at radius 2 is 1.96 bits per heavy atom. The van der Waals surface area contributed by atoms with Crippen LogP contribution in [0.1, 0.15) is 54.7 Å². The zero-order chi connectivity index (χ0) is 17.2. The molecule has 2 aromatic heterocycles. The zero-order valence-electron chi connectivity index (χ0n) is 15.1. The molecule has 2 fully saturated rings. The lowest BCUT2D eigenvalue weighted by atomic mass is 9.95. The molecule has 2 aromatic rings. The quantitative estimate of drug-likeness (QED) is 0.931. The predicted molar refractivity (Wildman–Crippen MR) is 98.8 cm³/mol. The first-order chi connectivity index (χ1) is 12.2. The molecule has 25 heavy (non-hydrogen) atoms. The number of aryl methyl sites for hydroxylation is 1. The molecule has 5 nitrogen and oxygen atoms in total. The molecular formula is C20H28N4O. The molecule has 0 bridgehead atoms. The molecule has 0 aromatic carbocycles. The van der Waals surface area contributed by atoms with E-state index < -0.39 is 0 Å². The molecule has 0 unspecified atom stereocenters.